The van der Waals surface area contributed by atoms with Crippen LogP contribution >= 0.6 is 12.6 Å². The molecule has 0 aliphatic heterocycles. The molecule has 0 N–H and O–H groups in total. The Morgan fingerprint density at radius 1 is 0.941 bits per heavy atom. The molecule has 4 aliphatic rings. The number of hydrogen-bond donors (Lipinski definition) is 1. The van der Waals surface area contributed by atoms with Gasteiger partial charge in [0.2, 0.25) is 0 Å². The van der Waals surface area contributed by atoms with Gasteiger partial charge in [0.25, 0.3) is 5.25 Å². The molecule has 0 amide bonds. The first-order chi connectivity index (χ1) is 8.03. The van der Waals surface area contributed by atoms with Crippen molar-refractivity contribution in [1.82, 2.24) is 0 Å². The lowest BCUT2D eigenvalue weighted by Crippen LogP contribution is -2.34. The van der Waals surface area contributed by atoms with E-state index in [0.717, 1.165) is 36.0 Å². The molecular formula is C14H20F2S. The third-order valence-electron chi connectivity index (χ3n) is 6.38. The van der Waals surface area contributed by atoms with E-state index >= 15 is 0 Å². The summed E-state index contributed by atoms with van der Waals surface area (Å²) in [6.45, 7) is 0. The van der Waals surface area contributed by atoms with Crippen molar-refractivity contribution in [2.45, 2.75) is 43.8 Å². The summed E-state index contributed by atoms with van der Waals surface area (Å²) in [6, 6.07) is 0. The molecule has 4 saturated carbocycles. The molecule has 3 heteroatoms. The van der Waals surface area contributed by atoms with Crippen molar-refractivity contribution in [1.29, 1.82) is 0 Å². The largest absolute Gasteiger partial charge is 0.291 e. The van der Waals surface area contributed by atoms with Gasteiger partial charge in [-0.3, -0.25) is 0 Å². The molecule has 7 atom stereocenters. The highest BCUT2D eigenvalue weighted by Crippen LogP contribution is 2.69. The average Bonchev–Trinajstić information content (AvgIpc) is 2.91. The predicted octanol–water partition coefficient (Wildman–Crippen LogP) is 4.22. The first-order valence-corrected chi connectivity index (χ1v) is 7.58. The van der Waals surface area contributed by atoms with E-state index < -0.39 is 5.25 Å². The summed E-state index contributed by atoms with van der Waals surface area (Å²) >= 11 is 3.44. The SMILES string of the molecule is FC(F)(S)CC1CC2CC1C1C3CCC(C3)C21. The van der Waals surface area contributed by atoms with Gasteiger partial charge in [0.15, 0.2) is 0 Å². The van der Waals surface area contributed by atoms with Crippen molar-refractivity contribution in [2.24, 2.45) is 41.4 Å². The third-order valence-corrected chi connectivity index (χ3v) is 6.56. The molecule has 4 fully saturated rings. The zero-order valence-corrected chi connectivity index (χ0v) is 10.9. The Balaban J connectivity index is 1.55. The average molecular weight is 258 g/mol. The van der Waals surface area contributed by atoms with Crippen LogP contribution in [0.4, 0.5) is 8.78 Å². The minimum atomic E-state index is -2.75. The van der Waals surface area contributed by atoms with Crippen molar-refractivity contribution in [2.75, 3.05) is 0 Å². The standard InChI is InChI=1S/C14H20F2S/c15-14(16,17)6-10-4-9-5-11(10)13-8-2-1-7(3-8)12(9)13/h7-13,17H,1-6H2. The topological polar surface area (TPSA) is 0 Å². The molecule has 7 unspecified atom stereocenters. The quantitative estimate of drug-likeness (QED) is 0.556. The van der Waals surface area contributed by atoms with Gasteiger partial charge in [-0.25, -0.2) is 0 Å². The van der Waals surface area contributed by atoms with Crippen LogP contribution < -0.4 is 0 Å². The Hall–Kier alpha value is 0.210. The Labute approximate surface area is 107 Å². The summed E-state index contributed by atoms with van der Waals surface area (Å²) < 4.78 is 26.2. The van der Waals surface area contributed by atoms with Crippen LogP contribution in [0.15, 0.2) is 0 Å². The van der Waals surface area contributed by atoms with Gasteiger partial charge in [-0.1, -0.05) is 0 Å². The lowest BCUT2D eigenvalue weighted by Gasteiger charge is -2.39. The van der Waals surface area contributed by atoms with Crippen LogP contribution in [-0.4, -0.2) is 5.25 Å². The zero-order chi connectivity index (χ0) is 11.8. The smallest absolute Gasteiger partial charge is 0.195 e. The zero-order valence-electron chi connectivity index (χ0n) is 9.99. The second-order valence-corrected chi connectivity index (χ2v) is 7.67. The second-order valence-electron chi connectivity index (χ2n) is 7.01. The van der Waals surface area contributed by atoms with Crippen LogP contribution in [0.3, 0.4) is 0 Å². The van der Waals surface area contributed by atoms with Gasteiger partial charge < -0.3 is 0 Å². The molecule has 0 spiro atoms. The molecule has 0 radical (unpaired) electrons. The van der Waals surface area contributed by atoms with Crippen molar-refractivity contribution < 1.29 is 8.78 Å². The summed E-state index contributed by atoms with van der Waals surface area (Å²) in [5.41, 5.74) is 0. The molecule has 4 rings (SSSR count). The second kappa shape index (κ2) is 3.40. The maximum atomic E-state index is 13.1. The van der Waals surface area contributed by atoms with Crippen molar-refractivity contribution in [3.8, 4) is 0 Å². The third kappa shape index (κ3) is 1.53. The Morgan fingerprint density at radius 2 is 1.65 bits per heavy atom. The van der Waals surface area contributed by atoms with Crippen LogP contribution in [-0.2, 0) is 0 Å². The molecule has 17 heavy (non-hydrogen) atoms. The highest BCUT2D eigenvalue weighted by atomic mass is 32.1. The van der Waals surface area contributed by atoms with E-state index in [-0.39, 0.29) is 12.3 Å². The lowest BCUT2D eigenvalue weighted by molar-refractivity contribution is 0.0331. The number of halogens is 2. The molecule has 4 bridgehead atoms. The Kier molecular flexibility index (Phi) is 2.21. The van der Waals surface area contributed by atoms with Crippen molar-refractivity contribution >= 4 is 12.6 Å². The van der Waals surface area contributed by atoms with Gasteiger partial charge in [0.1, 0.15) is 0 Å². The molecule has 0 nitrogen and oxygen atoms in total. The molecule has 0 saturated heterocycles. The van der Waals surface area contributed by atoms with E-state index in [0.29, 0.717) is 5.92 Å². The van der Waals surface area contributed by atoms with E-state index in [1.165, 1.54) is 25.7 Å². The van der Waals surface area contributed by atoms with E-state index in [9.17, 15) is 8.78 Å². The number of fused-ring (bicyclic) bond motifs is 9. The minimum absolute atomic E-state index is 0.0257. The molecule has 0 aromatic carbocycles. The fourth-order valence-electron chi connectivity index (χ4n) is 6.25. The summed E-state index contributed by atoms with van der Waals surface area (Å²) in [4.78, 5) is 0. The predicted molar refractivity (Wildman–Crippen MR) is 66.1 cm³/mol. The normalized spacial score (nSPS) is 55.6. The first kappa shape index (κ1) is 11.1. The molecule has 4 aliphatic carbocycles. The van der Waals surface area contributed by atoms with Gasteiger partial charge in [-0.2, -0.15) is 8.78 Å². The Bertz CT molecular complexity index is 338. The summed E-state index contributed by atoms with van der Waals surface area (Å²) in [7, 11) is 0. The van der Waals surface area contributed by atoms with Gasteiger partial charge in [-0.05, 0) is 73.5 Å². The van der Waals surface area contributed by atoms with Gasteiger partial charge in [-0.15, -0.1) is 12.6 Å². The lowest BCUT2D eigenvalue weighted by atomic mass is 9.67. The van der Waals surface area contributed by atoms with Crippen LogP contribution in [0.1, 0.15) is 38.5 Å². The maximum absolute atomic E-state index is 13.1. The first-order valence-electron chi connectivity index (χ1n) is 7.13. The number of rotatable bonds is 2. The fourth-order valence-corrected chi connectivity index (χ4v) is 6.49. The molecular weight excluding hydrogens is 238 g/mol. The highest BCUT2D eigenvalue weighted by Gasteiger charge is 2.62. The summed E-state index contributed by atoms with van der Waals surface area (Å²) in [5, 5.41) is -2.75. The monoisotopic (exact) mass is 258 g/mol. The number of thiol groups is 1. The van der Waals surface area contributed by atoms with E-state index in [1.807, 2.05) is 0 Å². The number of hydrogen-bond acceptors (Lipinski definition) is 1. The molecule has 96 valence electrons. The van der Waals surface area contributed by atoms with Crippen LogP contribution in [0, 0.1) is 41.4 Å². The molecule has 0 aromatic rings. The van der Waals surface area contributed by atoms with Crippen LogP contribution in [0.5, 0.6) is 0 Å². The minimum Gasteiger partial charge on any atom is -0.195 e. The highest BCUT2D eigenvalue weighted by molar-refractivity contribution is 7.81. The fraction of sp³-hybridized carbons (Fsp3) is 1.00. The number of alkyl halides is 2. The summed E-state index contributed by atoms with van der Waals surface area (Å²) in [5.74, 6) is 5.32. The van der Waals surface area contributed by atoms with E-state index in [2.05, 4.69) is 12.6 Å². The summed E-state index contributed by atoms with van der Waals surface area (Å²) in [6.07, 6.45) is 6.60. The van der Waals surface area contributed by atoms with E-state index in [4.69, 9.17) is 0 Å². The van der Waals surface area contributed by atoms with Crippen molar-refractivity contribution in [3.63, 3.8) is 0 Å². The van der Waals surface area contributed by atoms with Crippen molar-refractivity contribution in [3.05, 3.63) is 0 Å². The maximum Gasteiger partial charge on any atom is 0.291 e. The van der Waals surface area contributed by atoms with Gasteiger partial charge >= 0.3 is 0 Å². The molecule has 0 heterocycles. The van der Waals surface area contributed by atoms with Crippen LogP contribution in [0.2, 0.25) is 0 Å². The Morgan fingerprint density at radius 3 is 2.35 bits per heavy atom. The molecule has 0 aromatic heterocycles. The van der Waals surface area contributed by atoms with E-state index in [1.54, 1.807) is 0 Å². The van der Waals surface area contributed by atoms with Crippen LogP contribution in [0.25, 0.3) is 0 Å². The van der Waals surface area contributed by atoms with Gasteiger partial charge in [0, 0.05) is 6.42 Å². The van der Waals surface area contributed by atoms with Gasteiger partial charge in [0.05, 0.1) is 0 Å².